The van der Waals surface area contributed by atoms with E-state index in [1.54, 1.807) is 19.2 Å². The van der Waals surface area contributed by atoms with Gasteiger partial charge < -0.3 is 4.74 Å². The Balaban J connectivity index is 2.60. The van der Waals surface area contributed by atoms with Crippen LogP contribution in [0.2, 0.25) is 0 Å². The third kappa shape index (κ3) is 4.02. The highest BCUT2D eigenvalue weighted by molar-refractivity contribution is 7.85. The Morgan fingerprint density at radius 2 is 2.12 bits per heavy atom. The molecule has 0 aliphatic rings. The fourth-order valence-corrected chi connectivity index (χ4v) is 2.55. The van der Waals surface area contributed by atoms with Gasteiger partial charge in [0.25, 0.3) is 0 Å². The molecular formula is C12H17FO2S. The lowest BCUT2D eigenvalue weighted by Crippen LogP contribution is -2.24. The highest BCUT2D eigenvalue weighted by Crippen LogP contribution is 2.16. The summed E-state index contributed by atoms with van der Waals surface area (Å²) in [4.78, 5) is 0.534. The van der Waals surface area contributed by atoms with Crippen LogP contribution in [-0.4, -0.2) is 22.7 Å². The highest BCUT2D eigenvalue weighted by Gasteiger charge is 2.18. The average Bonchev–Trinajstić information content (AvgIpc) is 2.26. The van der Waals surface area contributed by atoms with Crippen molar-refractivity contribution in [3.8, 4) is 0 Å². The van der Waals surface area contributed by atoms with E-state index in [1.807, 2.05) is 13.8 Å². The molecule has 0 bridgehead atoms. The molecule has 0 radical (unpaired) electrons. The van der Waals surface area contributed by atoms with Gasteiger partial charge in [0, 0.05) is 17.8 Å². The molecule has 0 N–H and O–H groups in total. The number of methoxy groups -OCH3 is 1. The van der Waals surface area contributed by atoms with Crippen LogP contribution in [0.25, 0.3) is 0 Å². The molecule has 1 unspecified atom stereocenters. The predicted octanol–water partition coefficient (Wildman–Crippen LogP) is 2.75. The van der Waals surface area contributed by atoms with Gasteiger partial charge >= 0.3 is 0 Å². The van der Waals surface area contributed by atoms with E-state index in [0.717, 1.165) is 0 Å². The van der Waals surface area contributed by atoms with Crippen molar-refractivity contribution in [3.05, 3.63) is 30.1 Å². The van der Waals surface area contributed by atoms with Crippen LogP contribution < -0.4 is 0 Å². The number of benzene rings is 1. The number of ether oxygens (including phenoxy) is 1. The zero-order valence-corrected chi connectivity index (χ0v) is 10.6. The fraction of sp³-hybridized carbons (Fsp3) is 0.500. The molecule has 2 nitrogen and oxygen atoms in total. The zero-order chi connectivity index (χ0) is 12.2. The highest BCUT2D eigenvalue weighted by atomic mass is 32.2. The minimum atomic E-state index is -1.16. The average molecular weight is 244 g/mol. The summed E-state index contributed by atoms with van der Waals surface area (Å²) in [7, 11) is 0.468. The molecule has 0 fully saturated rings. The van der Waals surface area contributed by atoms with Gasteiger partial charge in [0.2, 0.25) is 0 Å². The molecule has 4 heteroatoms. The Labute approximate surface area is 98.3 Å². The van der Waals surface area contributed by atoms with Gasteiger partial charge in [0.1, 0.15) is 5.82 Å². The van der Waals surface area contributed by atoms with Crippen molar-refractivity contribution in [3.63, 3.8) is 0 Å². The number of hydrogen-bond donors (Lipinski definition) is 0. The molecular weight excluding hydrogens is 227 g/mol. The second kappa shape index (κ2) is 5.55. The van der Waals surface area contributed by atoms with Gasteiger partial charge in [0.05, 0.1) is 16.4 Å². The number of hydrogen-bond acceptors (Lipinski definition) is 2. The molecule has 16 heavy (non-hydrogen) atoms. The minimum Gasteiger partial charge on any atom is -0.379 e. The van der Waals surface area contributed by atoms with Crippen LogP contribution in [0, 0.1) is 5.82 Å². The molecule has 0 aromatic heterocycles. The van der Waals surface area contributed by atoms with Gasteiger partial charge in [-0.15, -0.1) is 0 Å². The topological polar surface area (TPSA) is 26.3 Å². The molecule has 0 saturated carbocycles. The summed E-state index contributed by atoms with van der Waals surface area (Å²) in [5.41, 5.74) is -0.289. The van der Waals surface area contributed by atoms with Gasteiger partial charge in [0.15, 0.2) is 0 Å². The lowest BCUT2D eigenvalue weighted by Gasteiger charge is -2.22. The van der Waals surface area contributed by atoms with Crippen molar-refractivity contribution < 1.29 is 13.3 Å². The van der Waals surface area contributed by atoms with Crippen molar-refractivity contribution >= 4 is 10.8 Å². The van der Waals surface area contributed by atoms with E-state index in [-0.39, 0.29) is 11.4 Å². The van der Waals surface area contributed by atoms with Crippen molar-refractivity contribution in [1.29, 1.82) is 0 Å². The normalized spacial score (nSPS) is 13.8. The fourth-order valence-electron chi connectivity index (χ4n) is 1.17. The Morgan fingerprint density at radius 1 is 1.44 bits per heavy atom. The molecule has 0 aliphatic carbocycles. The Hall–Kier alpha value is -0.740. The zero-order valence-electron chi connectivity index (χ0n) is 9.83. The van der Waals surface area contributed by atoms with E-state index in [2.05, 4.69) is 0 Å². The lowest BCUT2D eigenvalue weighted by atomic mass is 10.1. The standard InChI is InChI=1S/C12H17FO2S/c1-12(2,15-3)7-8-16(14)11-6-4-5-10(13)9-11/h4-6,9H,7-8H2,1-3H3. The SMILES string of the molecule is COC(C)(C)CCS(=O)c1cccc(F)c1. The van der Waals surface area contributed by atoms with Crippen LogP contribution in [0.3, 0.4) is 0 Å². The smallest absolute Gasteiger partial charge is 0.124 e. The maximum absolute atomic E-state index is 12.9. The first-order valence-electron chi connectivity index (χ1n) is 5.14. The molecule has 0 heterocycles. The van der Waals surface area contributed by atoms with Gasteiger partial charge in [-0.1, -0.05) is 6.07 Å². The summed E-state index contributed by atoms with van der Waals surface area (Å²) >= 11 is 0. The summed E-state index contributed by atoms with van der Waals surface area (Å²) in [6.45, 7) is 3.88. The van der Waals surface area contributed by atoms with Crippen LogP contribution in [0.15, 0.2) is 29.2 Å². The first-order valence-corrected chi connectivity index (χ1v) is 6.45. The molecule has 0 aliphatic heterocycles. The van der Waals surface area contributed by atoms with E-state index in [9.17, 15) is 8.60 Å². The van der Waals surface area contributed by atoms with Crippen molar-refractivity contribution in [2.45, 2.75) is 30.8 Å². The third-order valence-electron chi connectivity index (χ3n) is 2.50. The first kappa shape index (κ1) is 13.3. The lowest BCUT2D eigenvalue weighted by molar-refractivity contribution is 0.0205. The van der Waals surface area contributed by atoms with Gasteiger partial charge in [-0.25, -0.2) is 4.39 Å². The summed E-state index contributed by atoms with van der Waals surface area (Å²) in [6.07, 6.45) is 0.673. The maximum Gasteiger partial charge on any atom is 0.124 e. The van der Waals surface area contributed by atoms with Gasteiger partial charge in [-0.2, -0.15) is 0 Å². The van der Waals surface area contributed by atoms with E-state index in [1.165, 1.54) is 12.1 Å². The van der Waals surface area contributed by atoms with Crippen LogP contribution in [0.5, 0.6) is 0 Å². The van der Waals surface area contributed by atoms with Crippen molar-refractivity contribution in [2.24, 2.45) is 0 Å². The van der Waals surface area contributed by atoms with E-state index < -0.39 is 10.8 Å². The molecule has 1 aromatic carbocycles. The molecule has 1 atom stereocenters. The van der Waals surface area contributed by atoms with Crippen LogP contribution >= 0.6 is 0 Å². The minimum absolute atomic E-state index is 0.289. The van der Waals surface area contributed by atoms with Crippen LogP contribution in [0.1, 0.15) is 20.3 Å². The summed E-state index contributed by atoms with van der Waals surface area (Å²) < 4.78 is 30.0. The number of rotatable bonds is 5. The first-order chi connectivity index (χ1) is 7.44. The van der Waals surface area contributed by atoms with Gasteiger partial charge in [-0.05, 0) is 38.5 Å². The Kier molecular flexibility index (Phi) is 4.62. The summed E-state index contributed by atoms with van der Waals surface area (Å²) in [5.74, 6) is 0.126. The molecule has 1 aromatic rings. The summed E-state index contributed by atoms with van der Waals surface area (Å²) in [6, 6.07) is 5.92. The summed E-state index contributed by atoms with van der Waals surface area (Å²) in [5, 5.41) is 0. The van der Waals surface area contributed by atoms with Gasteiger partial charge in [-0.3, -0.25) is 4.21 Å². The molecule has 0 saturated heterocycles. The Morgan fingerprint density at radius 3 is 2.69 bits per heavy atom. The molecule has 0 spiro atoms. The molecule has 90 valence electrons. The second-order valence-corrected chi connectivity index (χ2v) is 5.79. The van der Waals surface area contributed by atoms with E-state index in [4.69, 9.17) is 4.74 Å². The predicted molar refractivity (Wildman–Crippen MR) is 63.4 cm³/mol. The van der Waals surface area contributed by atoms with E-state index >= 15 is 0 Å². The Bertz CT molecular complexity index is 377. The van der Waals surface area contributed by atoms with E-state index in [0.29, 0.717) is 17.1 Å². The monoisotopic (exact) mass is 244 g/mol. The van der Waals surface area contributed by atoms with Crippen molar-refractivity contribution in [1.82, 2.24) is 0 Å². The molecule has 1 rings (SSSR count). The van der Waals surface area contributed by atoms with Crippen LogP contribution in [-0.2, 0) is 15.5 Å². The third-order valence-corrected chi connectivity index (χ3v) is 3.86. The van der Waals surface area contributed by atoms with Crippen molar-refractivity contribution in [2.75, 3.05) is 12.9 Å². The molecule has 0 amide bonds. The largest absolute Gasteiger partial charge is 0.379 e. The maximum atomic E-state index is 12.9. The number of halogens is 1. The van der Waals surface area contributed by atoms with Crippen LogP contribution in [0.4, 0.5) is 4.39 Å². The quantitative estimate of drug-likeness (QED) is 0.796. The second-order valence-electron chi connectivity index (χ2n) is 4.22.